The van der Waals surface area contributed by atoms with Crippen LogP contribution in [0.25, 0.3) is 0 Å². The molecule has 0 aromatic carbocycles. The molecule has 1 aliphatic rings. The molecule has 0 aliphatic carbocycles. The van der Waals surface area contributed by atoms with Gasteiger partial charge in [0.1, 0.15) is 12.2 Å². The molecule has 5 heteroatoms. The van der Waals surface area contributed by atoms with Crippen molar-refractivity contribution in [3.63, 3.8) is 0 Å². The maximum atomic E-state index is 8.92. The second-order valence-corrected chi connectivity index (χ2v) is 4.36. The zero-order chi connectivity index (χ0) is 12.3. The van der Waals surface area contributed by atoms with Gasteiger partial charge < -0.3 is 14.8 Å². The normalized spacial score (nSPS) is 22.1. The number of nitriles is 1. The first-order chi connectivity index (χ1) is 8.11. The summed E-state index contributed by atoms with van der Waals surface area (Å²) in [5.74, 6) is -0.515. The number of ether oxygens (including phenoxy) is 2. The van der Waals surface area contributed by atoms with Gasteiger partial charge in [-0.15, -0.1) is 0 Å². The van der Waals surface area contributed by atoms with E-state index in [9.17, 15) is 0 Å². The van der Waals surface area contributed by atoms with E-state index < -0.39 is 5.79 Å². The van der Waals surface area contributed by atoms with Gasteiger partial charge in [0.25, 0.3) is 0 Å². The van der Waals surface area contributed by atoms with Crippen LogP contribution < -0.4 is 5.32 Å². The Morgan fingerprint density at radius 1 is 1.65 bits per heavy atom. The zero-order valence-corrected chi connectivity index (χ0v) is 9.93. The largest absolute Gasteiger partial charge is 0.380 e. The summed E-state index contributed by atoms with van der Waals surface area (Å²) < 4.78 is 11.1. The Hall–Kier alpha value is -1.64. The van der Waals surface area contributed by atoms with Gasteiger partial charge in [-0.05, 0) is 19.9 Å². The van der Waals surface area contributed by atoms with Gasteiger partial charge in [-0.3, -0.25) is 4.98 Å². The molecule has 1 atom stereocenters. The molecule has 1 saturated heterocycles. The van der Waals surface area contributed by atoms with Crippen LogP contribution in [0.2, 0.25) is 0 Å². The SMILES string of the molecule is CC1(C)OCC(CNc2cnccc2C#N)O1. The molecule has 90 valence electrons. The van der Waals surface area contributed by atoms with Gasteiger partial charge in [-0.2, -0.15) is 5.26 Å². The molecule has 17 heavy (non-hydrogen) atoms. The molecule has 1 aromatic heterocycles. The zero-order valence-electron chi connectivity index (χ0n) is 9.93. The van der Waals surface area contributed by atoms with Gasteiger partial charge in [0.2, 0.25) is 0 Å². The molecule has 0 bridgehead atoms. The molecule has 0 saturated carbocycles. The van der Waals surface area contributed by atoms with Gasteiger partial charge in [-0.1, -0.05) is 0 Å². The lowest BCUT2D eigenvalue weighted by Crippen LogP contribution is -2.26. The van der Waals surface area contributed by atoms with E-state index in [4.69, 9.17) is 14.7 Å². The van der Waals surface area contributed by atoms with E-state index in [1.54, 1.807) is 18.5 Å². The van der Waals surface area contributed by atoms with Gasteiger partial charge in [-0.25, -0.2) is 0 Å². The molecule has 5 nitrogen and oxygen atoms in total. The Bertz CT molecular complexity index is 440. The highest BCUT2D eigenvalue weighted by Crippen LogP contribution is 2.22. The van der Waals surface area contributed by atoms with Crippen LogP contribution in [0.1, 0.15) is 19.4 Å². The van der Waals surface area contributed by atoms with Crippen molar-refractivity contribution in [3.8, 4) is 6.07 Å². The van der Waals surface area contributed by atoms with Crippen LogP contribution in [0, 0.1) is 11.3 Å². The molecule has 0 radical (unpaired) electrons. The topological polar surface area (TPSA) is 67.2 Å². The van der Waals surface area contributed by atoms with Crippen LogP contribution in [-0.4, -0.2) is 30.0 Å². The van der Waals surface area contributed by atoms with Crippen LogP contribution in [0.3, 0.4) is 0 Å². The minimum Gasteiger partial charge on any atom is -0.380 e. The summed E-state index contributed by atoms with van der Waals surface area (Å²) in [6.07, 6.45) is 3.23. The van der Waals surface area contributed by atoms with E-state index >= 15 is 0 Å². The quantitative estimate of drug-likeness (QED) is 0.857. The van der Waals surface area contributed by atoms with Crippen molar-refractivity contribution in [3.05, 3.63) is 24.0 Å². The molecule has 1 N–H and O–H groups in total. The predicted molar refractivity (Wildman–Crippen MR) is 62.3 cm³/mol. The smallest absolute Gasteiger partial charge is 0.163 e. The molecular formula is C12H15N3O2. The number of hydrogen-bond acceptors (Lipinski definition) is 5. The molecule has 1 fully saturated rings. The average Bonchev–Trinajstić information content (AvgIpc) is 2.67. The highest BCUT2D eigenvalue weighted by molar-refractivity contribution is 5.55. The third-order valence-corrected chi connectivity index (χ3v) is 2.53. The second-order valence-electron chi connectivity index (χ2n) is 4.36. The van der Waals surface area contributed by atoms with E-state index in [-0.39, 0.29) is 6.10 Å². The number of hydrogen-bond donors (Lipinski definition) is 1. The maximum absolute atomic E-state index is 8.92. The second kappa shape index (κ2) is 4.70. The van der Waals surface area contributed by atoms with Crippen LogP contribution in [0.5, 0.6) is 0 Å². The Balaban J connectivity index is 1.93. The number of anilines is 1. The molecule has 2 rings (SSSR count). The van der Waals surface area contributed by atoms with Crippen molar-refractivity contribution in [1.82, 2.24) is 4.98 Å². The Labute approximate surface area is 100 Å². The summed E-state index contributed by atoms with van der Waals surface area (Å²) in [6.45, 7) is 4.93. The van der Waals surface area contributed by atoms with Gasteiger partial charge >= 0.3 is 0 Å². The van der Waals surface area contributed by atoms with Crippen molar-refractivity contribution in [2.45, 2.75) is 25.7 Å². The van der Waals surface area contributed by atoms with Crippen LogP contribution in [0.15, 0.2) is 18.5 Å². The van der Waals surface area contributed by atoms with E-state index in [1.165, 1.54) is 0 Å². The number of nitrogens with one attached hydrogen (secondary N) is 1. The van der Waals surface area contributed by atoms with Crippen molar-refractivity contribution >= 4 is 5.69 Å². The molecule has 2 heterocycles. The molecule has 0 amide bonds. The first kappa shape index (κ1) is 11.8. The lowest BCUT2D eigenvalue weighted by molar-refractivity contribution is -0.136. The van der Waals surface area contributed by atoms with Crippen LogP contribution in [0.4, 0.5) is 5.69 Å². The molecule has 0 spiro atoms. The van der Waals surface area contributed by atoms with Gasteiger partial charge in [0.05, 0.1) is 24.1 Å². The third kappa shape index (κ3) is 2.93. The third-order valence-electron chi connectivity index (χ3n) is 2.53. The molecule has 1 aromatic rings. The van der Waals surface area contributed by atoms with E-state index in [1.807, 2.05) is 13.8 Å². The standard InChI is InChI=1S/C12H15N3O2/c1-12(2)16-8-10(17-12)6-15-11-7-14-4-3-9(11)5-13/h3-4,7,10,15H,6,8H2,1-2H3. The predicted octanol–water partition coefficient (Wildman–Crippen LogP) is 1.52. The fourth-order valence-electron chi connectivity index (χ4n) is 1.72. The van der Waals surface area contributed by atoms with Gasteiger partial charge in [0, 0.05) is 12.7 Å². The summed E-state index contributed by atoms with van der Waals surface area (Å²) in [4.78, 5) is 3.98. The summed E-state index contributed by atoms with van der Waals surface area (Å²) in [6, 6.07) is 3.79. The van der Waals surface area contributed by atoms with Gasteiger partial charge in [0.15, 0.2) is 5.79 Å². The summed E-state index contributed by atoms with van der Waals surface area (Å²) >= 11 is 0. The molecular weight excluding hydrogens is 218 g/mol. The van der Waals surface area contributed by atoms with Crippen LogP contribution in [-0.2, 0) is 9.47 Å². The van der Waals surface area contributed by atoms with E-state index in [0.29, 0.717) is 18.7 Å². The Kier molecular flexibility index (Phi) is 3.27. The first-order valence-corrected chi connectivity index (χ1v) is 5.50. The number of nitrogens with zero attached hydrogens (tertiary/aromatic N) is 2. The van der Waals surface area contributed by atoms with Crippen LogP contribution >= 0.6 is 0 Å². The van der Waals surface area contributed by atoms with Crippen molar-refractivity contribution in [2.75, 3.05) is 18.5 Å². The number of pyridine rings is 1. The average molecular weight is 233 g/mol. The highest BCUT2D eigenvalue weighted by atomic mass is 16.7. The van der Waals surface area contributed by atoms with Crippen molar-refractivity contribution in [1.29, 1.82) is 5.26 Å². The highest BCUT2D eigenvalue weighted by Gasteiger charge is 2.32. The fourth-order valence-corrected chi connectivity index (χ4v) is 1.72. The van der Waals surface area contributed by atoms with E-state index in [0.717, 1.165) is 5.69 Å². The van der Waals surface area contributed by atoms with E-state index in [2.05, 4.69) is 16.4 Å². The Morgan fingerprint density at radius 2 is 2.47 bits per heavy atom. The minimum absolute atomic E-state index is 0.00301. The molecule has 1 unspecified atom stereocenters. The summed E-state index contributed by atoms with van der Waals surface area (Å²) in [5.41, 5.74) is 1.31. The van der Waals surface area contributed by atoms with Crippen molar-refractivity contribution < 1.29 is 9.47 Å². The number of rotatable bonds is 3. The molecule has 1 aliphatic heterocycles. The summed E-state index contributed by atoms with van der Waals surface area (Å²) in [7, 11) is 0. The first-order valence-electron chi connectivity index (χ1n) is 5.50. The summed E-state index contributed by atoms with van der Waals surface area (Å²) in [5, 5.41) is 12.1. The number of aromatic nitrogens is 1. The van der Waals surface area contributed by atoms with Crippen molar-refractivity contribution in [2.24, 2.45) is 0 Å². The maximum Gasteiger partial charge on any atom is 0.163 e. The minimum atomic E-state index is -0.515. The lowest BCUT2D eigenvalue weighted by atomic mass is 10.2. The lowest BCUT2D eigenvalue weighted by Gasteiger charge is -2.17. The monoisotopic (exact) mass is 233 g/mol. The fraction of sp³-hybridized carbons (Fsp3) is 0.500. The Morgan fingerprint density at radius 3 is 3.12 bits per heavy atom.